The Balaban J connectivity index is 1.60. The normalized spacial score (nSPS) is 29.4. The number of hydrogen-bond acceptors (Lipinski definition) is 3. The Labute approximate surface area is 125 Å². The first-order valence-electron chi connectivity index (χ1n) is 7.95. The maximum atomic E-state index is 11.9. The van der Waals surface area contributed by atoms with Crippen LogP contribution in [0.25, 0.3) is 0 Å². The molecule has 2 amide bonds. The molecule has 1 aliphatic carbocycles. The van der Waals surface area contributed by atoms with Crippen LogP contribution in [0.15, 0.2) is 0 Å². The van der Waals surface area contributed by atoms with Crippen molar-refractivity contribution in [2.45, 2.75) is 45.1 Å². The molecule has 3 unspecified atom stereocenters. The molecular weight excluding hydrogens is 272 g/mol. The van der Waals surface area contributed by atoms with Crippen LogP contribution in [-0.2, 0) is 9.53 Å². The number of carboxylic acid groups (broad SMARTS) is 1. The van der Waals surface area contributed by atoms with Gasteiger partial charge in [0.25, 0.3) is 0 Å². The van der Waals surface area contributed by atoms with Crippen molar-refractivity contribution >= 4 is 12.0 Å². The Morgan fingerprint density at radius 3 is 2.71 bits per heavy atom. The third-order valence-corrected chi connectivity index (χ3v) is 4.57. The minimum absolute atomic E-state index is 0.181. The number of nitrogens with zero attached hydrogens (tertiary/aromatic N) is 1. The van der Waals surface area contributed by atoms with E-state index >= 15 is 0 Å². The van der Waals surface area contributed by atoms with Crippen LogP contribution in [0.3, 0.4) is 0 Å². The lowest BCUT2D eigenvalue weighted by Gasteiger charge is -2.28. The first-order chi connectivity index (χ1) is 10.1. The van der Waals surface area contributed by atoms with Crippen LogP contribution in [-0.4, -0.2) is 54.4 Å². The van der Waals surface area contributed by atoms with Gasteiger partial charge in [0.15, 0.2) is 0 Å². The second-order valence-corrected chi connectivity index (χ2v) is 6.17. The maximum Gasteiger partial charge on any atom is 0.317 e. The van der Waals surface area contributed by atoms with Crippen molar-refractivity contribution in [1.82, 2.24) is 10.2 Å². The molecule has 0 aromatic carbocycles. The lowest BCUT2D eigenvalue weighted by molar-refractivity contribution is -0.141. The molecule has 6 heteroatoms. The summed E-state index contributed by atoms with van der Waals surface area (Å²) in [5.74, 6) is -0.639. The van der Waals surface area contributed by atoms with Gasteiger partial charge in [-0.15, -0.1) is 0 Å². The van der Waals surface area contributed by atoms with Crippen molar-refractivity contribution in [1.29, 1.82) is 0 Å². The summed E-state index contributed by atoms with van der Waals surface area (Å²) in [4.78, 5) is 24.3. The van der Waals surface area contributed by atoms with Gasteiger partial charge < -0.3 is 20.1 Å². The number of aliphatic carboxylic acids is 1. The van der Waals surface area contributed by atoms with E-state index in [1.807, 2.05) is 0 Å². The van der Waals surface area contributed by atoms with E-state index in [4.69, 9.17) is 9.84 Å². The number of hydrogen-bond donors (Lipinski definition) is 2. The smallest absolute Gasteiger partial charge is 0.317 e. The fraction of sp³-hybridized carbons (Fsp3) is 0.867. The van der Waals surface area contributed by atoms with Crippen molar-refractivity contribution < 1.29 is 19.4 Å². The van der Waals surface area contributed by atoms with Gasteiger partial charge in [0.1, 0.15) is 0 Å². The first-order valence-corrected chi connectivity index (χ1v) is 7.95. The Hall–Kier alpha value is -1.30. The average Bonchev–Trinajstić information content (AvgIpc) is 2.95. The number of amides is 2. The number of likely N-dealkylation sites (tertiary alicyclic amines) is 1. The van der Waals surface area contributed by atoms with Gasteiger partial charge >= 0.3 is 12.0 Å². The molecule has 0 bridgehead atoms. The predicted molar refractivity (Wildman–Crippen MR) is 78.1 cm³/mol. The molecule has 2 aliphatic rings. The molecule has 0 aromatic rings. The minimum Gasteiger partial charge on any atom is -0.481 e. The molecule has 0 spiro atoms. The van der Waals surface area contributed by atoms with Gasteiger partial charge in [-0.1, -0.05) is 19.8 Å². The number of urea groups is 1. The molecular formula is C15H26N2O4. The third-order valence-electron chi connectivity index (χ3n) is 4.57. The summed E-state index contributed by atoms with van der Waals surface area (Å²) in [6.07, 6.45) is 5.71. The molecule has 1 heterocycles. The van der Waals surface area contributed by atoms with Crippen LogP contribution in [0.2, 0.25) is 0 Å². The minimum atomic E-state index is -0.820. The zero-order valence-corrected chi connectivity index (χ0v) is 12.7. The van der Waals surface area contributed by atoms with Crippen LogP contribution in [0.4, 0.5) is 4.79 Å². The molecule has 1 saturated heterocycles. The topological polar surface area (TPSA) is 78.9 Å². The van der Waals surface area contributed by atoms with Gasteiger partial charge in [0.2, 0.25) is 0 Å². The second kappa shape index (κ2) is 7.64. The van der Waals surface area contributed by atoms with E-state index in [1.165, 1.54) is 19.3 Å². The Morgan fingerprint density at radius 2 is 2.05 bits per heavy atom. The summed E-state index contributed by atoms with van der Waals surface area (Å²) in [5, 5.41) is 11.7. The van der Waals surface area contributed by atoms with E-state index in [1.54, 1.807) is 4.90 Å². The molecule has 21 heavy (non-hydrogen) atoms. The van der Waals surface area contributed by atoms with E-state index in [0.717, 1.165) is 6.42 Å². The molecule has 6 nitrogen and oxygen atoms in total. The SMILES string of the molecule is CC1CCCCC1OCCNC(=O)N1CCC(C(=O)O)C1. The molecule has 0 aromatic heterocycles. The van der Waals surface area contributed by atoms with E-state index < -0.39 is 11.9 Å². The van der Waals surface area contributed by atoms with Gasteiger partial charge in [-0.2, -0.15) is 0 Å². The standard InChI is InChI=1S/C15H26N2O4/c1-11-4-2-3-5-13(11)21-9-7-16-15(20)17-8-6-12(10-17)14(18)19/h11-13H,2-10H2,1H3,(H,16,20)(H,18,19). The summed E-state index contributed by atoms with van der Waals surface area (Å²) in [6.45, 7) is 4.05. The Morgan fingerprint density at radius 1 is 1.29 bits per heavy atom. The fourth-order valence-corrected chi connectivity index (χ4v) is 3.16. The van der Waals surface area contributed by atoms with Gasteiger partial charge in [-0.3, -0.25) is 4.79 Å². The number of carbonyl (C=O) groups excluding carboxylic acids is 1. The summed E-state index contributed by atoms with van der Waals surface area (Å²) in [5.41, 5.74) is 0. The largest absolute Gasteiger partial charge is 0.481 e. The quantitative estimate of drug-likeness (QED) is 0.757. The monoisotopic (exact) mass is 298 g/mol. The fourth-order valence-electron chi connectivity index (χ4n) is 3.16. The first kappa shape index (κ1) is 16.1. The van der Waals surface area contributed by atoms with Crippen molar-refractivity contribution in [2.24, 2.45) is 11.8 Å². The lowest BCUT2D eigenvalue weighted by Crippen LogP contribution is -2.41. The highest BCUT2D eigenvalue weighted by molar-refractivity contribution is 5.77. The molecule has 2 rings (SSSR count). The zero-order chi connectivity index (χ0) is 15.2. The average molecular weight is 298 g/mol. The zero-order valence-electron chi connectivity index (χ0n) is 12.7. The van der Waals surface area contributed by atoms with Crippen LogP contribution in [0.1, 0.15) is 39.0 Å². The predicted octanol–water partition coefficient (Wildman–Crippen LogP) is 1.70. The number of rotatable bonds is 5. The van der Waals surface area contributed by atoms with Crippen molar-refractivity contribution in [3.05, 3.63) is 0 Å². The highest BCUT2D eigenvalue weighted by Gasteiger charge is 2.30. The molecule has 1 aliphatic heterocycles. The lowest BCUT2D eigenvalue weighted by atomic mass is 9.88. The van der Waals surface area contributed by atoms with Crippen molar-refractivity contribution in [3.8, 4) is 0 Å². The number of ether oxygens (including phenoxy) is 1. The van der Waals surface area contributed by atoms with E-state index in [9.17, 15) is 9.59 Å². The van der Waals surface area contributed by atoms with Crippen LogP contribution >= 0.6 is 0 Å². The molecule has 3 atom stereocenters. The van der Waals surface area contributed by atoms with Crippen LogP contribution in [0, 0.1) is 11.8 Å². The Kier molecular flexibility index (Phi) is 5.85. The van der Waals surface area contributed by atoms with Gasteiger partial charge in [0.05, 0.1) is 18.6 Å². The molecule has 2 N–H and O–H groups in total. The van der Waals surface area contributed by atoms with Crippen molar-refractivity contribution in [3.63, 3.8) is 0 Å². The van der Waals surface area contributed by atoms with Gasteiger partial charge in [-0.25, -0.2) is 4.79 Å². The number of carbonyl (C=O) groups is 2. The summed E-state index contributed by atoms with van der Waals surface area (Å²) in [6, 6.07) is -0.181. The second-order valence-electron chi connectivity index (χ2n) is 6.17. The van der Waals surface area contributed by atoms with Crippen LogP contribution in [0.5, 0.6) is 0 Å². The van der Waals surface area contributed by atoms with E-state index in [2.05, 4.69) is 12.2 Å². The molecule has 1 saturated carbocycles. The third kappa shape index (κ3) is 4.59. The van der Waals surface area contributed by atoms with Gasteiger partial charge in [0, 0.05) is 19.6 Å². The van der Waals surface area contributed by atoms with E-state index in [0.29, 0.717) is 44.7 Å². The van der Waals surface area contributed by atoms with E-state index in [-0.39, 0.29) is 6.03 Å². The summed E-state index contributed by atoms with van der Waals surface area (Å²) in [7, 11) is 0. The highest BCUT2D eigenvalue weighted by atomic mass is 16.5. The highest BCUT2D eigenvalue weighted by Crippen LogP contribution is 2.26. The molecule has 0 radical (unpaired) electrons. The van der Waals surface area contributed by atoms with Crippen molar-refractivity contribution in [2.75, 3.05) is 26.2 Å². The summed E-state index contributed by atoms with van der Waals surface area (Å²) >= 11 is 0. The molecule has 120 valence electrons. The van der Waals surface area contributed by atoms with Crippen LogP contribution < -0.4 is 5.32 Å². The number of carboxylic acids is 1. The van der Waals surface area contributed by atoms with Gasteiger partial charge in [-0.05, 0) is 25.2 Å². The summed E-state index contributed by atoms with van der Waals surface area (Å²) < 4.78 is 5.84. The Bertz CT molecular complexity index is 375. The number of nitrogens with one attached hydrogen (secondary N) is 1. The molecule has 2 fully saturated rings. The maximum absolute atomic E-state index is 11.9.